The van der Waals surface area contributed by atoms with Crippen molar-refractivity contribution in [2.24, 2.45) is 16.1 Å². The minimum Gasteiger partial charge on any atom is -0.404 e. The van der Waals surface area contributed by atoms with Gasteiger partial charge in [-0.2, -0.15) is 4.31 Å². The van der Waals surface area contributed by atoms with Gasteiger partial charge in [0.15, 0.2) is 5.78 Å². The molecule has 2 aliphatic rings. The van der Waals surface area contributed by atoms with Crippen LogP contribution in [0.25, 0.3) is 0 Å². The van der Waals surface area contributed by atoms with E-state index in [1.165, 1.54) is 59.2 Å². The van der Waals surface area contributed by atoms with Crippen LogP contribution in [-0.4, -0.2) is 42.3 Å². The Morgan fingerprint density at radius 3 is 2.53 bits per heavy atom. The Morgan fingerprint density at radius 2 is 1.84 bits per heavy atom. The number of ketones is 1. The third kappa shape index (κ3) is 4.68. The van der Waals surface area contributed by atoms with Crippen molar-refractivity contribution in [2.75, 3.05) is 13.1 Å². The van der Waals surface area contributed by atoms with E-state index in [1.54, 1.807) is 24.3 Å². The Morgan fingerprint density at radius 1 is 1.05 bits per heavy atom. The number of pyridine rings is 1. The number of halogens is 2. The van der Waals surface area contributed by atoms with E-state index in [9.17, 15) is 22.0 Å². The number of carbonyl (C=O) groups excluding carboxylic acids is 1. The van der Waals surface area contributed by atoms with E-state index in [2.05, 4.69) is 9.98 Å². The first kappa shape index (κ1) is 25.6. The summed E-state index contributed by atoms with van der Waals surface area (Å²) in [6.07, 6.45) is 4.94. The first-order valence-corrected chi connectivity index (χ1v) is 13.3. The Labute approximate surface area is 219 Å². The van der Waals surface area contributed by atoms with Gasteiger partial charge in [0.05, 0.1) is 21.7 Å². The van der Waals surface area contributed by atoms with Crippen LogP contribution in [0.15, 0.2) is 106 Å². The van der Waals surface area contributed by atoms with Crippen molar-refractivity contribution >= 4 is 27.2 Å². The Balaban J connectivity index is 1.62. The molecule has 0 radical (unpaired) electrons. The van der Waals surface area contributed by atoms with Gasteiger partial charge in [-0.3, -0.25) is 9.78 Å². The molecule has 1 fully saturated rings. The zero-order valence-electron chi connectivity index (χ0n) is 20.2. The Hall–Kier alpha value is -4.02. The fraction of sp³-hybridized carbons (Fsp3) is 0.179. The summed E-state index contributed by atoms with van der Waals surface area (Å²) < 4.78 is 55.5. The molecule has 0 bridgehead atoms. The van der Waals surface area contributed by atoms with Crippen molar-refractivity contribution in [3.8, 4) is 0 Å². The minimum atomic E-state index is -4.10. The molecule has 1 atom stereocenters. The molecular weight excluding hydrogens is 510 g/mol. The summed E-state index contributed by atoms with van der Waals surface area (Å²) in [5.41, 5.74) is 7.14. The van der Waals surface area contributed by atoms with E-state index in [1.807, 2.05) is 0 Å². The Kier molecular flexibility index (Phi) is 6.77. The molecule has 1 aliphatic carbocycles. The van der Waals surface area contributed by atoms with Gasteiger partial charge in [-0.05, 0) is 85.3 Å². The number of Topliss-reactive ketones (excluding diaryl/α,β-unsaturated/α-hetero) is 1. The highest BCUT2D eigenvalue weighted by Crippen LogP contribution is 2.47. The predicted molar refractivity (Wildman–Crippen MR) is 139 cm³/mol. The van der Waals surface area contributed by atoms with Gasteiger partial charge in [0, 0.05) is 19.3 Å². The van der Waals surface area contributed by atoms with E-state index < -0.39 is 27.1 Å². The molecule has 194 valence electrons. The van der Waals surface area contributed by atoms with Crippen LogP contribution < -0.4 is 5.73 Å². The van der Waals surface area contributed by atoms with Crippen LogP contribution in [0.3, 0.4) is 0 Å². The molecular formula is C28H24F2N4O3S. The number of nitrogens with two attached hydrogens (primary N) is 1. The van der Waals surface area contributed by atoms with Crippen LogP contribution in [0, 0.1) is 17.0 Å². The third-order valence-corrected chi connectivity index (χ3v) is 8.71. The topological polar surface area (TPSA) is 106 Å². The zero-order chi connectivity index (χ0) is 26.9. The zero-order valence-corrected chi connectivity index (χ0v) is 21.0. The van der Waals surface area contributed by atoms with Crippen molar-refractivity contribution in [2.45, 2.75) is 17.7 Å². The maximum absolute atomic E-state index is 14.0. The largest absolute Gasteiger partial charge is 0.404 e. The molecule has 7 nitrogen and oxygen atoms in total. The molecule has 5 rings (SSSR count). The van der Waals surface area contributed by atoms with E-state index in [4.69, 9.17) is 5.73 Å². The van der Waals surface area contributed by atoms with Gasteiger partial charge >= 0.3 is 0 Å². The summed E-state index contributed by atoms with van der Waals surface area (Å²) in [5, 5.41) is 0. The summed E-state index contributed by atoms with van der Waals surface area (Å²) in [5.74, 6) is -1.41. The molecule has 38 heavy (non-hydrogen) atoms. The van der Waals surface area contributed by atoms with Crippen molar-refractivity contribution < 1.29 is 22.0 Å². The van der Waals surface area contributed by atoms with Crippen LogP contribution >= 0.6 is 0 Å². The molecule has 0 spiro atoms. The number of piperidine rings is 1. The van der Waals surface area contributed by atoms with Crippen LogP contribution in [0.1, 0.15) is 23.3 Å². The summed E-state index contributed by atoms with van der Waals surface area (Å²) in [6.45, 7) is -0.0817. The molecule has 1 saturated heterocycles. The molecule has 1 aromatic heterocycles. The minimum absolute atomic E-state index is 0.0833. The number of aliphatic imine (C=N–C) groups is 1. The highest BCUT2D eigenvalue weighted by atomic mass is 32.2. The molecule has 3 aromatic rings. The van der Waals surface area contributed by atoms with Gasteiger partial charge < -0.3 is 5.73 Å². The van der Waals surface area contributed by atoms with Crippen LogP contribution in [-0.2, 0) is 10.0 Å². The van der Waals surface area contributed by atoms with Crippen LogP contribution in [0.4, 0.5) is 14.5 Å². The standard InChI is InChI=1S/C28H24F2N4O3S/c29-21-7-9-23(10-8-21)33-26-14-20-11-13-34(38(36,37)24-5-3-4-22(30)15-24)18-28(20,16-19(26)17-31)27(35)25-6-1-2-12-32-25/h1-10,12,14-15,17H,11,13,16,18,31H2/b19-17-,33-26?/t28-/m0/s1. The molecule has 0 unspecified atom stereocenters. The number of sulfonamides is 1. The average molecular weight is 535 g/mol. The van der Waals surface area contributed by atoms with Gasteiger partial charge in [0.1, 0.15) is 17.3 Å². The number of rotatable bonds is 5. The maximum atomic E-state index is 14.0. The first-order chi connectivity index (χ1) is 18.2. The average Bonchev–Trinajstić information content (AvgIpc) is 2.93. The second kappa shape index (κ2) is 10.0. The molecule has 0 amide bonds. The molecule has 0 saturated carbocycles. The molecule has 10 heteroatoms. The normalized spacial score (nSPS) is 22.2. The fourth-order valence-electron chi connectivity index (χ4n) is 4.94. The van der Waals surface area contributed by atoms with Crippen molar-refractivity contribution in [3.05, 3.63) is 114 Å². The van der Waals surface area contributed by atoms with Crippen LogP contribution in [0.2, 0.25) is 0 Å². The van der Waals surface area contributed by atoms with Crippen LogP contribution in [0.5, 0.6) is 0 Å². The number of allylic oxidation sites excluding steroid dienone is 2. The number of aromatic nitrogens is 1. The maximum Gasteiger partial charge on any atom is 0.243 e. The number of nitrogens with zero attached hydrogens (tertiary/aromatic N) is 3. The Bertz CT molecular complexity index is 1590. The fourth-order valence-corrected chi connectivity index (χ4v) is 6.48. The smallest absolute Gasteiger partial charge is 0.243 e. The molecule has 2 aromatic carbocycles. The number of carbonyl (C=O) groups is 1. The summed E-state index contributed by atoms with van der Waals surface area (Å²) >= 11 is 0. The lowest BCUT2D eigenvalue weighted by molar-refractivity contribution is 0.0770. The lowest BCUT2D eigenvalue weighted by Crippen LogP contribution is -2.53. The molecule has 2 heterocycles. The monoisotopic (exact) mass is 534 g/mol. The number of hydrogen-bond acceptors (Lipinski definition) is 6. The van der Waals surface area contributed by atoms with E-state index in [-0.39, 0.29) is 42.3 Å². The molecule has 2 N–H and O–H groups in total. The van der Waals surface area contributed by atoms with Gasteiger partial charge in [0.2, 0.25) is 10.0 Å². The van der Waals surface area contributed by atoms with Crippen molar-refractivity contribution in [1.82, 2.24) is 9.29 Å². The number of fused-ring (bicyclic) bond motifs is 1. The van der Waals surface area contributed by atoms with Gasteiger partial charge in [0.25, 0.3) is 0 Å². The highest BCUT2D eigenvalue weighted by Gasteiger charge is 2.51. The van der Waals surface area contributed by atoms with Gasteiger partial charge in [-0.15, -0.1) is 0 Å². The van der Waals surface area contributed by atoms with E-state index in [0.717, 1.165) is 6.07 Å². The number of hydrogen-bond donors (Lipinski definition) is 1. The second-order valence-electron chi connectivity index (χ2n) is 9.18. The third-order valence-electron chi connectivity index (χ3n) is 6.87. The molecule has 1 aliphatic heterocycles. The van der Waals surface area contributed by atoms with Gasteiger partial charge in [-0.1, -0.05) is 17.7 Å². The first-order valence-electron chi connectivity index (χ1n) is 11.9. The van der Waals surface area contributed by atoms with E-state index >= 15 is 0 Å². The summed E-state index contributed by atoms with van der Waals surface area (Å²) in [4.78, 5) is 22.7. The SMILES string of the molecule is N/C=C1/C[C@]2(C(=O)c3ccccn3)CN(S(=O)(=O)c3cccc(F)c3)CCC2=CC1=Nc1ccc(F)cc1. The second-order valence-corrected chi connectivity index (χ2v) is 11.1. The highest BCUT2D eigenvalue weighted by molar-refractivity contribution is 7.89. The predicted octanol–water partition coefficient (Wildman–Crippen LogP) is 4.57. The lowest BCUT2D eigenvalue weighted by atomic mass is 9.64. The lowest BCUT2D eigenvalue weighted by Gasteiger charge is -2.45. The number of benzene rings is 2. The van der Waals surface area contributed by atoms with Crippen molar-refractivity contribution in [3.63, 3.8) is 0 Å². The van der Waals surface area contributed by atoms with Gasteiger partial charge in [-0.25, -0.2) is 22.2 Å². The summed E-state index contributed by atoms with van der Waals surface area (Å²) in [7, 11) is -4.10. The quantitative estimate of drug-likeness (QED) is 0.483. The van der Waals surface area contributed by atoms with Crippen molar-refractivity contribution in [1.29, 1.82) is 0 Å². The van der Waals surface area contributed by atoms with E-state index in [0.29, 0.717) is 22.5 Å². The summed E-state index contributed by atoms with van der Waals surface area (Å²) in [6, 6.07) is 15.4.